The highest BCUT2D eigenvalue weighted by atomic mass is 32.1. The summed E-state index contributed by atoms with van der Waals surface area (Å²) in [6, 6.07) is 2.21. The molecule has 2 rings (SSSR count). The van der Waals surface area contributed by atoms with E-state index in [1.165, 1.54) is 4.88 Å². The van der Waals surface area contributed by atoms with Crippen LogP contribution in [-0.2, 0) is 11.2 Å². The summed E-state index contributed by atoms with van der Waals surface area (Å²) in [4.78, 5) is 10.9. The summed E-state index contributed by atoms with van der Waals surface area (Å²) < 4.78 is 5.12. The number of thiophene rings is 1. The van der Waals surface area contributed by atoms with Crippen LogP contribution < -0.4 is 11.1 Å². The van der Waals surface area contributed by atoms with Crippen LogP contribution in [0.25, 0.3) is 10.2 Å². The zero-order chi connectivity index (χ0) is 13.0. The lowest BCUT2D eigenvalue weighted by atomic mass is 10.2. The highest BCUT2D eigenvalue weighted by Crippen LogP contribution is 2.28. The molecule has 2 aromatic heterocycles. The Hall–Kier alpha value is -1.24. The summed E-state index contributed by atoms with van der Waals surface area (Å²) in [5.41, 5.74) is 5.70. The third-order valence-corrected chi connectivity index (χ3v) is 3.91. The van der Waals surface area contributed by atoms with Gasteiger partial charge in [0.1, 0.15) is 17.0 Å². The molecule has 0 saturated heterocycles. The molecule has 5 nitrogen and oxygen atoms in total. The molecular formula is C12H18N4OS. The Morgan fingerprint density at radius 2 is 2.33 bits per heavy atom. The van der Waals surface area contributed by atoms with Gasteiger partial charge in [-0.05, 0) is 12.5 Å². The van der Waals surface area contributed by atoms with Crippen molar-refractivity contribution < 1.29 is 4.74 Å². The minimum atomic E-state index is 0.0677. The monoisotopic (exact) mass is 266 g/mol. The predicted molar refractivity (Wildman–Crippen MR) is 75.1 cm³/mol. The van der Waals surface area contributed by atoms with E-state index in [4.69, 9.17) is 10.5 Å². The van der Waals surface area contributed by atoms with Gasteiger partial charge in [-0.25, -0.2) is 9.97 Å². The summed E-state index contributed by atoms with van der Waals surface area (Å²) >= 11 is 1.71. The second-order valence-corrected chi connectivity index (χ2v) is 5.15. The van der Waals surface area contributed by atoms with E-state index in [1.807, 2.05) is 0 Å². The lowest BCUT2D eigenvalue weighted by Crippen LogP contribution is -2.33. The zero-order valence-electron chi connectivity index (χ0n) is 10.6. The third kappa shape index (κ3) is 2.77. The number of hydrogen-bond donors (Lipinski definition) is 2. The molecule has 2 heterocycles. The van der Waals surface area contributed by atoms with E-state index in [-0.39, 0.29) is 6.04 Å². The molecule has 0 aliphatic heterocycles. The topological polar surface area (TPSA) is 73.1 Å². The van der Waals surface area contributed by atoms with Crippen molar-refractivity contribution in [2.24, 2.45) is 5.73 Å². The van der Waals surface area contributed by atoms with Crippen molar-refractivity contribution in [1.82, 2.24) is 9.97 Å². The number of fused-ring (bicyclic) bond motifs is 1. The molecule has 0 spiro atoms. The number of aryl methyl sites for hydroxylation is 1. The SMILES string of the molecule is CCc1cc2c(NC(CN)COC)ncnc2s1. The maximum atomic E-state index is 5.70. The van der Waals surface area contributed by atoms with E-state index in [1.54, 1.807) is 24.8 Å². The van der Waals surface area contributed by atoms with Crippen molar-refractivity contribution in [3.8, 4) is 0 Å². The first-order chi connectivity index (χ1) is 8.78. The molecule has 0 amide bonds. The normalized spacial score (nSPS) is 12.8. The molecule has 18 heavy (non-hydrogen) atoms. The minimum absolute atomic E-state index is 0.0677. The van der Waals surface area contributed by atoms with Crippen molar-refractivity contribution >= 4 is 27.4 Å². The number of nitrogens with two attached hydrogens (primary N) is 1. The van der Waals surface area contributed by atoms with Gasteiger partial charge in [-0.15, -0.1) is 11.3 Å². The number of anilines is 1. The van der Waals surface area contributed by atoms with E-state index < -0.39 is 0 Å². The molecule has 0 aromatic carbocycles. The van der Waals surface area contributed by atoms with E-state index >= 15 is 0 Å². The molecule has 6 heteroatoms. The average molecular weight is 266 g/mol. The van der Waals surface area contributed by atoms with Gasteiger partial charge in [0, 0.05) is 18.5 Å². The maximum absolute atomic E-state index is 5.70. The van der Waals surface area contributed by atoms with Crippen LogP contribution in [0.4, 0.5) is 5.82 Å². The van der Waals surface area contributed by atoms with E-state index in [2.05, 4.69) is 28.3 Å². The molecule has 1 unspecified atom stereocenters. The fourth-order valence-electron chi connectivity index (χ4n) is 1.76. The Morgan fingerprint density at radius 1 is 1.50 bits per heavy atom. The van der Waals surface area contributed by atoms with Crippen LogP contribution in [0.15, 0.2) is 12.4 Å². The number of rotatable bonds is 6. The molecule has 0 aliphatic rings. The molecule has 0 bridgehead atoms. The van der Waals surface area contributed by atoms with Crippen molar-refractivity contribution in [3.63, 3.8) is 0 Å². The first-order valence-corrected chi connectivity index (χ1v) is 6.79. The predicted octanol–water partition coefficient (Wildman–Crippen LogP) is 1.64. The molecule has 0 saturated carbocycles. The Bertz CT molecular complexity index is 514. The van der Waals surface area contributed by atoms with Crippen LogP contribution in [0.3, 0.4) is 0 Å². The quantitative estimate of drug-likeness (QED) is 0.831. The third-order valence-electron chi connectivity index (χ3n) is 2.72. The summed E-state index contributed by atoms with van der Waals surface area (Å²) in [6.45, 7) is 3.20. The first kappa shape index (κ1) is 13.2. The maximum Gasteiger partial charge on any atom is 0.138 e. The number of nitrogens with zero attached hydrogens (tertiary/aromatic N) is 2. The average Bonchev–Trinajstić information content (AvgIpc) is 2.82. The fraction of sp³-hybridized carbons (Fsp3) is 0.500. The Labute approximate surface area is 110 Å². The smallest absolute Gasteiger partial charge is 0.138 e. The summed E-state index contributed by atoms with van der Waals surface area (Å²) in [5, 5.41) is 4.38. The zero-order valence-corrected chi connectivity index (χ0v) is 11.5. The van der Waals surface area contributed by atoms with Gasteiger partial charge in [-0.1, -0.05) is 6.92 Å². The second kappa shape index (κ2) is 6.08. The second-order valence-electron chi connectivity index (χ2n) is 4.04. The Kier molecular flexibility index (Phi) is 4.46. The highest BCUT2D eigenvalue weighted by Gasteiger charge is 2.12. The van der Waals surface area contributed by atoms with Crippen LogP contribution in [0.2, 0.25) is 0 Å². The largest absolute Gasteiger partial charge is 0.383 e. The molecule has 2 aromatic rings. The number of hydrogen-bond acceptors (Lipinski definition) is 6. The molecule has 0 aliphatic carbocycles. The number of methoxy groups -OCH3 is 1. The van der Waals surface area contributed by atoms with Gasteiger partial charge >= 0.3 is 0 Å². The van der Waals surface area contributed by atoms with Gasteiger partial charge in [0.2, 0.25) is 0 Å². The number of ether oxygens (including phenoxy) is 1. The van der Waals surface area contributed by atoms with Crippen LogP contribution >= 0.6 is 11.3 Å². The van der Waals surface area contributed by atoms with Crippen molar-refractivity contribution in [2.45, 2.75) is 19.4 Å². The van der Waals surface area contributed by atoms with Crippen LogP contribution in [0.5, 0.6) is 0 Å². The van der Waals surface area contributed by atoms with Crippen molar-refractivity contribution in [1.29, 1.82) is 0 Å². The molecule has 0 fully saturated rings. The summed E-state index contributed by atoms with van der Waals surface area (Å²) in [7, 11) is 1.67. The summed E-state index contributed by atoms with van der Waals surface area (Å²) in [5.74, 6) is 0.837. The Balaban J connectivity index is 2.29. The lowest BCUT2D eigenvalue weighted by Gasteiger charge is -2.16. The lowest BCUT2D eigenvalue weighted by molar-refractivity contribution is 0.187. The standard InChI is InChI=1S/C12H18N4OS/c1-3-9-4-10-11(14-7-15-12(10)18-9)16-8(5-13)6-17-2/h4,7-8H,3,5-6,13H2,1-2H3,(H,14,15,16). The van der Waals surface area contributed by atoms with E-state index in [0.717, 1.165) is 22.5 Å². The van der Waals surface area contributed by atoms with Crippen LogP contribution in [-0.4, -0.2) is 36.3 Å². The van der Waals surface area contributed by atoms with Gasteiger partial charge in [0.25, 0.3) is 0 Å². The number of nitrogens with one attached hydrogen (secondary N) is 1. The van der Waals surface area contributed by atoms with Crippen molar-refractivity contribution in [3.05, 3.63) is 17.3 Å². The Morgan fingerprint density at radius 3 is 3.00 bits per heavy atom. The number of aromatic nitrogens is 2. The fourth-order valence-corrected chi connectivity index (χ4v) is 2.69. The minimum Gasteiger partial charge on any atom is -0.383 e. The molecule has 0 radical (unpaired) electrons. The molecular weight excluding hydrogens is 248 g/mol. The molecule has 3 N–H and O–H groups in total. The van der Waals surface area contributed by atoms with E-state index in [9.17, 15) is 0 Å². The van der Waals surface area contributed by atoms with Gasteiger partial charge in [0.15, 0.2) is 0 Å². The molecule has 98 valence electrons. The highest BCUT2D eigenvalue weighted by molar-refractivity contribution is 7.18. The van der Waals surface area contributed by atoms with E-state index in [0.29, 0.717) is 13.2 Å². The van der Waals surface area contributed by atoms with Crippen LogP contribution in [0, 0.1) is 0 Å². The van der Waals surface area contributed by atoms with Gasteiger partial charge in [-0.3, -0.25) is 0 Å². The van der Waals surface area contributed by atoms with Crippen LogP contribution in [0.1, 0.15) is 11.8 Å². The van der Waals surface area contributed by atoms with Gasteiger partial charge < -0.3 is 15.8 Å². The van der Waals surface area contributed by atoms with Crippen molar-refractivity contribution in [2.75, 3.05) is 25.6 Å². The van der Waals surface area contributed by atoms with Gasteiger partial charge in [-0.2, -0.15) is 0 Å². The summed E-state index contributed by atoms with van der Waals surface area (Å²) in [6.07, 6.45) is 2.60. The first-order valence-electron chi connectivity index (χ1n) is 5.97. The van der Waals surface area contributed by atoms with Gasteiger partial charge in [0.05, 0.1) is 18.0 Å². The molecule has 1 atom stereocenters.